The zero-order valence-corrected chi connectivity index (χ0v) is 9.41. The van der Waals surface area contributed by atoms with Gasteiger partial charge in [0.15, 0.2) is 0 Å². The van der Waals surface area contributed by atoms with Crippen molar-refractivity contribution in [3.05, 3.63) is 11.6 Å². The predicted molar refractivity (Wildman–Crippen MR) is 56.8 cm³/mol. The van der Waals surface area contributed by atoms with Crippen molar-refractivity contribution in [2.75, 3.05) is 5.75 Å². The predicted octanol–water partition coefficient (Wildman–Crippen LogP) is 3.18. The quantitative estimate of drug-likeness (QED) is 0.719. The van der Waals surface area contributed by atoms with Crippen molar-refractivity contribution in [2.24, 2.45) is 5.41 Å². The zero-order chi connectivity index (χ0) is 9.73. The van der Waals surface area contributed by atoms with E-state index < -0.39 is 0 Å². The molecule has 0 spiro atoms. The fourth-order valence-corrected chi connectivity index (χ4v) is 2.70. The van der Waals surface area contributed by atoms with Gasteiger partial charge < -0.3 is 0 Å². The summed E-state index contributed by atoms with van der Waals surface area (Å²) in [5.41, 5.74) is -0.204. The van der Waals surface area contributed by atoms with Crippen molar-refractivity contribution in [1.29, 1.82) is 5.26 Å². The second-order valence-corrected chi connectivity index (χ2v) is 5.63. The second-order valence-electron chi connectivity index (χ2n) is 3.39. The minimum Gasteiger partial charge on any atom is -0.238 e. The molecular formula is C9H12N2S2. The maximum Gasteiger partial charge on any atom is 0.149 e. The normalized spacial score (nSPS) is 11.2. The lowest BCUT2D eigenvalue weighted by Gasteiger charge is -2.12. The van der Waals surface area contributed by atoms with Crippen LogP contribution >= 0.6 is 23.1 Å². The van der Waals surface area contributed by atoms with Crippen LogP contribution in [0.4, 0.5) is 0 Å². The molecule has 0 aliphatic rings. The van der Waals surface area contributed by atoms with Crippen molar-refractivity contribution in [3.8, 4) is 6.07 Å². The summed E-state index contributed by atoms with van der Waals surface area (Å²) in [6.07, 6.45) is 2.72. The molecule has 2 nitrogen and oxygen atoms in total. The van der Waals surface area contributed by atoms with Gasteiger partial charge in [0.05, 0.1) is 11.5 Å². The van der Waals surface area contributed by atoms with Gasteiger partial charge in [-0.2, -0.15) is 5.26 Å². The third-order valence-electron chi connectivity index (χ3n) is 1.66. The first-order chi connectivity index (χ1) is 6.14. The van der Waals surface area contributed by atoms with Crippen LogP contribution in [0.1, 0.15) is 20.3 Å². The number of nitrogens with zero attached hydrogens (tertiary/aromatic N) is 2. The molecule has 0 aromatic carbocycles. The summed E-state index contributed by atoms with van der Waals surface area (Å²) < 4.78 is 1.09. The molecule has 1 aromatic rings. The summed E-state index contributed by atoms with van der Waals surface area (Å²) in [7, 11) is 0. The van der Waals surface area contributed by atoms with Crippen LogP contribution in [0.25, 0.3) is 0 Å². The Balaban J connectivity index is 2.26. The van der Waals surface area contributed by atoms with E-state index in [0.29, 0.717) is 0 Å². The summed E-state index contributed by atoms with van der Waals surface area (Å²) in [5.74, 6) is 0.966. The van der Waals surface area contributed by atoms with Crippen LogP contribution in [0.15, 0.2) is 15.9 Å². The highest BCUT2D eigenvalue weighted by molar-refractivity contribution is 8.00. The summed E-state index contributed by atoms with van der Waals surface area (Å²) >= 11 is 3.38. The molecule has 70 valence electrons. The van der Waals surface area contributed by atoms with Crippen LogP contribution in [0.2, 0.25) is 0 Å². The molecule has 0 amide bonds. The molecule has 0 atom stereocenters. The van der Waals surface area contributed by atoms with E-state index in [1.54, 1.807) is 23.1 Å². The Morgan fingerprint density at radius 3 is 3.00 bits per heavy atom. The minimum atomic E-state index is -0.204. The van der Waals surface area contributed by atoms with Gasteiger partial charge in [-0.25, -0.2) is 4.98 Å². The summed E-state index contributed by atoms with van der Waals surface area (Å²) in [6.45, 7) is 3.94. The first-order valence-corrected chi connectivity index (χ1v) is 5.94. The van der Waals surface area contributed by atoms with Gasteiger partial charge in [0.2, 0.25) is 0 Å². The molecule has 13 heavy (non-hydrogen) atoms. The highest BCUT2D eigenvalue weighted by Gasteiger charge is 2.15. The average molecular weight is 212 g/mol. The molecule has 0 aliphatic heterocycles. The highest BCUT2D eigenvalue weighted by Crippen LogP contribution is 2.26. The van der Waals surface area contributed by atoms with Gasteiger partial charge in [-0.1, -0.05) is 11.8 Å². The molecule has 4 heteroatoms. The maximum absolute atomic E-state index is 8.78. The molecular weight excluding hydrogens is 200 g/mol. The van der Waals surface area contributed by atoms with E-state index in [-0.39, 0.29) is 5.41 Å². The van der Waals surface area contributed by atoms with Gasteiger partial charge in [0.1, 0.15) is 4.34 Å². The molecule has 1 heterocycles. The molecule has 1 aromatic heterocycles. The fourth-order valence-electron chi connectivity index (χ4n) is 0.731. The first kappa shape index (κ1) is 10.6. The Bertz CT molecular complexity index is 285. The van der Waals surface area contributed by atoms with Crippen molar-refractivity contribution in [3.63, 3.8) is 0 Å². The van der Waals surface area contributed by atoms with E-state index in [2.05, 4.69) is 11.1 Å². The fraction of sp³-hybridized carbons (Fsp3) is 0.556. The van der Waals surface area contributed by atoms with E-state index in [0.717, 1.165) is 16.5 Å². The summed E-state index contributed by atoms with van der Waals surface area (Å²) in [4.78, 5) is 4.16. The smallest absolute Gasteiger partial charge is 0.149 e. The van der Waals surface area contributed by atoms with Gasteiger partial charge in [-0.15, -0.1) is 11.3 Å². The number of hydrogen-bond donors (Lipinski definition) is 0. The number of aromatic nitrogens is 1. The van der Waals surface area contributed by atoms with Crippen LogP contribution in [0.3, 0.4) is 0 Å². The standard InChI is InChI=1S/C9H12N2S2/c1-9(2,7-10)3-5-12-8-11-4-6-13-8/h4,6H,3,5H2,1-2H3. The minimum absolute atomic E-state index is 0.204. The number of rotatable bonds is 4. The second kappa shape index (κ2) is 4.64. The number of hydrogen-bond acceptors (Lipinski definition) is 4. The van der Waals surface area contributed by atoms with Gasteiger partial charge in [-0.05, 0) is 20.3 Å². The van der Waals surface area contributed by atoms with Crippen molar-refractivity contribution in [1.82, 2.24) is 4.98 Å². The third kappa shape index (κ3) is 3.79. The summed E-state index contributed by atoms with van der Waals surface area (Å²) in [5, 5.41) is 10.7. The third-order valence-corrected chi connectivity index (χ3v) is 3.63. The van der Waals surface area contributed by atoms with Crippen molar-refractivity contribution < 1.29 is 0 Å². The van der Waals surface area contributed by atoms with Gasteiger partial charge >= 0.3 is 0 Å². The molecule has 0 unspecified atom stereocenters. The monoisotopic (exact) mass is 212 g/mol. The van der Waals surface area contributed by atoms with Gasteiger partial charge in [0, 0.05) is 17.3 Å². The molecule has 0 saturated heterocycles. The lowest BCUT2D eigenvalue weighted by Crippen LogP contribution is -2.08. The largest absolute Gasteiger partial charge is 0.238 e. The molecule has 0 fully saturated rings. The van der Waals surface area contributed by atoms with E-state index >= 15 is 0 Å². The Labute approximate surface area is 87.0 Å². The van der Waals surface area contributed by atoms with Crippen LogP contribution in [0, 0.1) is 16.7 Å². The highest BCUT2D eigenvalue weighted by atomic mass is 32.2. The molecule has 0 N–H and O–H groups in total. The molecule has 0 aliphatic carbocycles. The van der Waals surface area contributed by atoms with E-state index in [1.807, 2.05) is 25.4 Å². The molecule has 0 saturated carbocycles. The zero-order valence-electron chi connectivity index (χ0n) is 7.78. The number of nitriles is 1. The Kier molecular flexibility index (Phi) is 3.76. The molecule has 0 radical (unpaired) electrons. The Hall–Kier alpha value is -0.530. The van der Waals surface area contributed by atoms with E-state index in [4.69, 9.17) is 5.26 Å². The van der Waals surface area contributed by atoms with E-state index in [9.17, 15) is 0 Å². The van der Waals surface area contributed by atoms with Gasteiger partial charge in [0.25, 0.3) is 0 Å². The van der Waals surface area contributed by atoms with Crippen LogP contribution < -0.4 is 0 Å². The number of thiazole rings is 1. The summed E-state index contributed by atoms with van der Waals surface area (Å²) in [6, 6.07) is 2.29. The Morgan fingerprint density at radius 2 is 2.46 bits per heavy atom. The first-order valence-electron chi connectivity index (χ1n) is 4.07. The van der Waals surface area contributed by atoms with E-state index in [1.165, 1.54) is 0 Å². The van der Waals surface area contributed by atoms with Gasteiger partial charge in [-0.3, -0.25) is 0 Å². The van der Waals surface area contributed by atoms with Crippen LogP contribution in [-0.2, 0) is 0 Å². The van der Waals surface area contributed by atoms with Crippen LogP contribution in [0.5, 0.6) is 0 Å². The average Bonchev–Trinajstić information content (AvgIpc) is 2.57. The maximum atomic E-state index is 8.78. The SMILES string of the molecule is CC(C)(C#N)CCSc1nccs1. The Morgan fingerprint density at radius 1 is 1.69 bits per heavy atom. The van der Waals surface area contributed by atoms with Crippen molar-refractivity contribution in [2.45, 2.75) is 24.6 Å². The molecule has 1 rings (SSSR count). The topological polar surface area (TPSA) is 36.7 Å². The lowest BCUT2D eigenvalue weighted by molar-refractivity contribution is 0.482. The lowest BCUT2D eigenvalue weighted by atomic mass is 9.93. The van der Waals surface area contributed by atoms with Crippen LogP contribution in [-0.4, -0.2) is 10.7 Å². The number of thioether (sulfide) groups is 1. The molecule has 0 bridgehead atoms. The van der Waals surface area contributed by atoms with Crippen molar-refractivity contribution >= 4 is 23.1 Å².